The van der Waals surface area contributed by atoms with Crippen LogP contribution in [-0.2, 0) is 21.2 Å². The van der Waals surface area contributed by atoms with E-state index >= 15 is 0 Å². The number of carbonyl (C=O) groups is 1. The maximum absolute atomic E-state index is 13.1. The number of nitrogens with one attached hydrogen (secondary N) is 1. The standard InChI is InChI=1S/C24H28N4O4S/c1-17-6-9-19(10-7-17)24-27-26-23(32-24)13-12-22(29)25-20-11-8-18(2)21(16-20)33(30,31)28-14-4-3-5-15-28/h6-11,16H,3-5,12-15H2,1-2H3,(H,25,29). The lowest BCUT2D eigenvalue weighted by molar-refractivity contribution is -0.116. The van der Waals surface area contributed by atoms with Gasteiger partial charge in [-0.1, -0.05) is 30.2 Å². The van der Waals surface area contributed by atoms with Crippen molar-refractivity contribution < 1.29 is 17.6 Å². The van der Waals surface area contributed by atoms with Crippen molar-refractivity contribution in [1.82, 2.24) is 14.5 Å². The lowest BCUT2D eigenvalue weighted by Crippen LogP contribution is -2.36. The third-order valence-electron chi connectivity index (χ3n) is 5.74. The summed E-state index contributed by atoms with van der Waals surface area (Å²) in [7, 11) is -3.58. The summed E-state index contributed by atoms with van der Waals surface area (Å²) in [5.41, 5.74) is 3.07. The zero-order chi connectivity index (χ0) is 23.4. The molecule has 33 heavy (non-hydrogen) atoms. The van der Waals surface area contributed by atoms with E-state index in [0.717, 1.165) is 30.4 Å². The number of anilines is 1. The van der Waals surface area contributed by atoms with E-state index in [1.807, 2.05) is 31.2 Å². The van der Waals surface area contributed by atoms with Crippen LogP contribution in [0.25, 0.3) is 11.5 Å². The van der Waals surface area contributed by atoms with Crippen LogP contribution >= 0.6 is 0 Å². The van der Waals surface area contributed by atoms with Crippen LogP contribution in [0.15, 0.2) is 51.8 Å². The minimum absolute atomic E-state index is 0.137. The van der Waals surface area contributed by atoms with Gasteiger partial charge in [0.25, 0.3) is 0 Å². The summed E-state index contributed by atoms with van der Waals surface area (Å²) in [5.74, 6) is 0.532. The van der Waals surface area contributed by atoms with Gasteiger partial charge in [-0.2, -0.15) is 4.31 Å². The summed E-state index contributed by atoms with van der Waals surface area (Å²) in [6.07, 6.45) is 3.22. The number of benzene rings is 2. The molecule has 8 nitrogen and oxygen atoms in total. The van der Waals surface area contributed by atoms with Crippen LogP contribution in [0.4, 0.5) is 5.69 Å². The molecule has 0 radical (unpaired) electrons. The van der Waals surface area contributed by atoms with E-state index in [1.165, 1.54) is 4.31 Å². The zero-order valence-corrected chi connectivity index (χ0v) is 19.7. The first-order valence-corrected chi connectivity index (χ1v) is 12.6. The normalized spacial score (nSPS) is 14.8. The monoisotopic (exact) mass is 468 g/mol. The molecule has 0 bridgehead atoms. The fourth-order valence-electron chi connectivity index (χ4n) is 3.81. The molecule has 174 valence electrons. The highest BCUT2D eigenvalue weighted by Crippen LogP contribution is 2.26. The molecule has 1 N–H and O–H groups in total. The molecular weight excluding hydrogens is 440 g/mol. The van der Waals surface area contributed by atoms with Gasteiger partial charge in [-0.25, -0.2) is 8.42 Å². The van der Waals surface area contributed by atoms with Crippen molar-refractivity contribution >= 4 is 21.6 Å². The minimum Gasteiger partial charge on any atom is -0.421 e. The van der Waals surface area contributed by atoms with E-state index in [0.29, 0.717) is 36.1 Å². The molecule has 0 saturated carbocycles. The highest BCUT2D eigenvalue weighted by Gasteiger charge is 2.27. The van der Waals surface area contributed by atoms with Crippen molar-refractivity contribution in [2.24, 2.45) is 0 Å². The molecule has 3 aromatic rings. The Morgan fingerprint density at radius 1 is 1.03 bits per heavy atom. The van der Waals surface area contributed by atoms with Gasteiger partial charge in [0.2, 0.25) is 27.7 Å². The SMILES string of the molecule is Cc1ccc(-c2nnc(CCC(=O)Nc3ccc(C)c(S(=O)(=O)N4CCCCC4)c3)o2)cc1. The van der Waals surface area contributed by atoms with Gasteiger partial charge >= 0.3 is 0 Å². The predicted octanol–water partition coefficient (Wildman–Crippen LogP) is 4.10. The maximum Gasteiger partial charge on any atom is 0.247 e. The van der Waals surface area contributed by atoms with Crippen molar-refractivity contribution in [3.05, 3.63) is 59.5 Å². The Morgan fingerprint density at radius 3 is 2.48 bits per heavy atom. The van der Waals surface area contributed by atoms with Crippen LogP contribution in [0.2, 0.25) is 0 Å². The second-order valence-electron chi connectivity index (χ2n) is 8.36. The van der Waals surface area contributed by atoms with E-state index < -0.39 is 10.0 Å². The molecule has 1 fully saturated rings. The Kier molecular flexibility index (Phi) is 6.90. The third kappa shape index (κ3) is 5.48. The molecule has 2 heterocycles. The topological polar surface area (TPSA) is 105 Å². The van der Waals surface area contributed by atoms with E-state index in [4.69, 9.17) is 4.42 Å². The Hall–Kier alpha value is -3.04. The summed E-state index contributed by atoms with van der Waals surface area (Å²) in [6.45, 7) is 4.84. The second kappa shape index (κ2) is 9.84. The van der Waals surface area contributed by atoms with Gasteiger partial charge in [-0.15, -0.1) is 10.2 Å². The molecular formula is C24H28N4O4S. The van der Waals surface area contributed by atoms with Gasteiger partial charge in [0.05, 0.1) is 4.90 Å². The summed E-state index contributed by atoms with van der Waals surface area (Å²) >= 11 is 0. The summed E-state index contributed by atoms with van der Waals surface area (Å²) in [5, 5.41) is 10.9. The molecule has 1 aliphatic heterocycles. The zero-order valence-electron chi connectivity index (χ0n) is 18.9. The molecule has 0 unspecified atom stereocenters. The average Bonchev–Trinajstić information content (AvgIpc) is 3.29. The van der Waals surface area contributed by atoms with Gasteiger partial charge < -0.3 is 9.73 Å². The fourth-order valence-corrected chi connectivity index (χ4v) is 5.58. The summed E-state index contributed by atoms with van der Waals surface area (Å²) < 4.78 is 33.4. The van der Waals surface area contributed by atoms with Crippen LogP contribution in [0.1, 0.15) is 42.7 Å². The van der Waals surface area contributed by atoms with Gasteiger partial charge in [0.1, 0.15) is 0 Å². The quantitative estimate of drug-likeness (QED) is 0.560. The highest BCUT2D eigenvalue weighted by molar-refractivity contribution is 7.89. The first-order chi connectivity index (χ1) is 15.8. The number of hydrogen-bond acceptors (Lipinski definition) is 6. The Morgan fingerprint density at radius 2 is 1.76 bits per heavy atom. The molecule has 2 aromatic carbocycles. The van der Waals surface area contributed by atoms with Crippen molar-refractivity contribution in [1.29, 1.82) is 0 Å². The van der Waals surface area contributed by atoms with Crippen LogP contribution in [0.5, 0.6) is 0 Å². The maximum atomic E-state index is 13.1. The molecule has 1 aliphatic rings. The largest absolute Gasteiger partial charge is 0.421 e. The second-order valence-corrected chi connectivity index (χ2v) is 10.3. The summed E-state index contributed by atoms with van der Waals surface area (Å²) in [4.78, 5) is 12.7. The van der Waals surface area contributed by atoms with Crippen molar-refractivity contribution in [3.63, 3.8) is 0 Å². The van der Waals surface area contributed by atoms with Gasteiger partial charge in [-0.3, -0.25) is 4.79 Å². The number of amides is 1. The number of aryl methyl sites for hydroxylation is 3. The van der Waals surface area contributed by atoms with E-state index in [2.05, 4.69) is 15.5 Å². The number of carbonyl (C=O) groups excluding carboxylic acids is 1. The molecule has 1 saturated heterocycles. The molecule has 1 amide bonds. The first kappa shape index (κ1) is 23.1. The lowest BCUT2D eigenvalue weighted by Gasteiger charge is -2.26. The highest BCUT2D eigenvalue weighted by atomic mass is 32.2. The number of piperidine rings is 1. The van der Waals surface area contributed by atoms with Crippen LogP contribution in [0.3, 0.4) is 0 Å². The number of sulfonamides is 1. The number of nitrogens with zero attached hydrogens (tertiary/aromatic N) is 3. The van der Waals surface area contributed by atoms with Crippen LogP contribution in [-0.4, -0.2) is 41.9 Å². The molecule has 1 aromatic heterocycles. The van der Waals surface area contributed by atoms with Crippen molar-refractivity contribution in [2.45, 2.75) is 50.8 Å². The number of rotatable bonds is 7. The van der Waals surface area contributed by atoms with Gasteiger partial charge in [0.15, 0.2) is 0 Å². The molecule has 4 rings (SSSR count). The van der Waals surface area contributed by atoms with Gasteiger partial charge in [-0.05, 0) is 56.5 Å². The Bertz CT molecular complexity index is 1230. The smallest absolute Gasteiger partial charge is 0.247 e. The van der Waals surface area contributed by atoms with Gasteiger partial charge in [0, 0.05) is 37.2 Å². The fraction of sp³-hybridized carbons (Fsp3) is 0.375. The number of hydrogen-bond donors (Lipinski definition) is 1. The van der Waals surface area contributed by atoms with E-state index in [9.17, 15) is 13.2 Å². The molecule has 0 atom stereocenters. The average molecular weight is 469 g/mol. The van der Waals surface area contributed by atoms with Crippen LogP contribution < -0.4 is 5.32 Å². The van der Waals surface area contributed by atoms with Crippen LogP contribution in [0, 0.1) is 13.8 Å². The Balaban J connectivity index is 1.39. The van der Waals surface area contributed by atoms with Crippen molar-refractivity contribution in [3.8, 4) is 11.5 Å². The third-order valence-corrected chi connectivity index (χ3v) is 7.78. The number of aromatic nitrogens is 2. The molecule has 0 spiro atoms. The lowest BCUT2D eigenvalue weighted by atomic mass is 10.1. The Labute approximate surface area is 194 Å². The molecule has 0 aliphatic carbocycles. The minimum atomic E-state index is -3.58. The van der Waals surface area contributed by atoms with Crippen molar-refractivity contribution in [2.75, 3.05) is 18.4 Å². The predicted molar refractivity (Wildman–Crippen MR) is 125 cm³/mol. The first-order valence-electron chi connectivity index (χ1n) is 11.1. The summed E-state index contributed by atoms with van der Waals surface area (Å²) in [6, 6.07) is 12.7. The van der Waals surface area contributed by atoms with E-state index in [1.54, 1.807) is 25.1 Å². The molecule has 9 heteroatoms. The van der Waals surface area contributed by atoms with E-state index in [-0.39, 0.29) is 23.6 Å².